The number of carbonyl (C=O) groups excluding carboxylic acids is 1. The monoisotopic (exact) mass is 425 g/mol. The summed E-state index contributed by atoms with van der Waals surface area (Å²) in [7, 11) is 0. The predicted molar refractivity (Wildman–Crippen MR) is 92.7 cm³/mol. The van der Waals surface area contributed by atoms with Crippen molar-refractivity contribution in [3.63, 3.8) is 0 Å². The summed E-state index contributed by atoms with van der Waals surface area (Å²) in [6.45, 7) is 0.708. The van der Waals surface area contributed by atoms with E-state index >= 15 is 0 Å². The second-order valence-electron chi connectivity index (χ2n) is 5.30. The molecule has 20 heavy (non-hydrogen) atoms. The summed E-state index contributed by atoms with van der Waals surface area (Å²) in [4.78, 5) is 12.1. The van der Waals surface area contributed by atoms with E-state index in [4.69, 9.17) is 23.2 Å². The average Bonchev–Trinajstić information content (AvgIpc) is 2.47. The molecule has 1 N–H and O–H groups in total. The lowest BCUT2D eigenvalue weighted by molar-refractivity contribution is 0.0936. The third kappa shape index (κ3) is 4.25. The Morgan fingerprint density at radius 2 is 2.00 bits per heavy atom. The minimum atomic E-state index is -0.0535. The number of nitrogens with one attached hydrogen (secondary N) is 1. The Bertz CT molecular complexity index is 481. The highest BCUT2D eigenvalue weighted by atomic mass is 127. The molecule has 0 aromatic heterocycles. The summed E-state index contributed by atoms with van der Waals surface area (Å²) in [6.07, 6.45) is 4.84. The number of hydrogen-bond donors (Lipinski definition) is 1. The van der Waals surface area contributed by atoms with Gasteiger partial charge in [-0.15, -0.1) is 11.6 Å². The molecule has 2 nitrogen and oxygen atoms in total. The van der Waals surface area contributed by atoms with Gasteiger partial charge in [-0.2, -0.15) is 0 Å². The normalized spacial score (nSPS) is 22.6. The van der Waals surface area contributed by atoms with Crippen LogP contribution in [0.5, 0.6) is 0 Å². The zero-order chi connectivity index (χ0) is 14.5. The standard InChI is InChI=1S/C15H18Cl2INO/c16-8-11-3-1-2-4-12(11)9-19-15(20)10-5-6-14(18)13(17)7-10/h5-7,11-12H,1-4,8-9H2,(H,19,20). The van der Waals surface area contributed by atoms with Gasteiger partial charge in [-0.3, -0.25) is 4.79 Å². The van der Waals surface area contributed by atoms with Crippen LogP contribution in [0.25, 0.3) is 0 Å². The van der Waals surface area contributed by atoms with E-state index in [1.807, 2.05) is 12.1 Å². The molecule has 2 unspecified atom stereocenters. The van der Waals surface area contributed by atoms with Gasteiger partial charge in [0.1, 0.15) is 0 Å². The van der Waals surface area contributed by atoms with Crippen LogP contribution in [0, 0.1) is 15.4 Å². The van der Waals surface area contributed by atoms with Crippen LogP contribution in [-0.4, -0.2) is 18.3 Å². The van der Waals surface area contributed by atoms with Crippen LogP contribution in [0.2, 0.25) is 5.02 Å². The fourth-order valence-electron chi connectivity index (χ4n) is 2.72. The van der Waals surface area contributed by atoms with Gasteiger partial charge in [0.05, 0.1) is 5.02 Å². The lowest BCUT2D eigenvalue weighted by Crippen LogP contribution is -2.34. The molecule has 1 aliphatic rings. The summed E-state index contributed by atoms with van der Waals surface area (Å²) < 4.78 is 0.954. The van der Waals surface area contributed by atoms with Crippen molar-refractivity contribution in [2.75, 3.05) is 12.4 Å². The molecule has 0 aliphatic heterocycles. The van der Waals surface area contributed by atoms with E-state index in [-0.39, 0.29) is 5.91 Å². The average molecular weight is 426 g/mol. The van der Waals surface area contributed by atoms with E-state index in [9.17, 15) is 4.79 Å². The summed E-state index contributed by atoms with van der Waals surface area (Å²) >= 11 is 14.2. The summed E-state index contributed by atoms with van der Waals surface area (Å²) in [5, 5.41) is 3.64. The maximum atomic E-state index is 12.1. The minimum Gasteiger partial charge on any atom is -0.352 e. The predicted octanol–water partition coefficient (Wildman–Crippen LogP) is 4.72. The first-order valence-corrected chi connectivity index (χ1v) is 8.90. The van der Waals surface area contributed by atoms with Gasteiger partial charge in [0.25, 0.3) is 5.91 Å². The molecule has 1 amide bonds. The molecule has 2 rings (SSSR count). The maximum absolute atomic E-state index is 12.1. The summed E-state index contributed by atoms with van der Waals surface area (Å²) in [5.74, 6) is 1.67. The molecule has 1 fully saturated rings. The largest absolute Gasteiger partial charge is 0.352 e. The van der Waals surface area contributed by atoms with Crippen LogP contribution in [0.4, 0.5) is 0 Å². The Kier molecular flexibility index (Phi) is 6.43. The lowest BCUT2D eigenvalue weighted by atomic mass is 9.80. The smallest absolute Gasteiger partial charge is 0.251 e. The van der Waals surface area contributed by atoms with Crippen molar-refractivity contribution in [1.29, 1.82) is 0 Å². The molecule has 110 valence electrons. The summed E-state index contributed by atoms with van der Waals surface area (Å²) in [6, 6.07) is 5.39. The van der Waals surface area contributed by atoms with Gasteiger partial charge in [0.15, 0.2) is 0 Å². The van der Waals surface area contributed by atoms with Crippen LogP contribution in [0.1, 0.15) is 36.0 Å². The van der Waals surface area contributed by atoms with Crippen LogP contribution in [0.15, 0.2) is 18.2 Å². The zero-order valence-electron chi connectivity index (χ0n) is 11.2. The highest BCUT2D eigenvalue weighted by Gasteiger charge is 2.24. The van der Waals surface area contributed by atoms with E-state index in [2.05, 4.69) is 27.9 Å². The van der Waals surface area contributed by atoms with E-state index in [1.54, 1.807) is 6.07 Å². The van der Waals surface area contributed by atoms with Crippen molar-refractivity contribution in [3.05, 3.63) is 32.4 Å². The van der Waals surface area contributed by atoms with Crippen LogP contribution in [-0.2, 0) is 0 Å². The number of benzene rings is 1. The molecule has 1 saturated carbocycles. The SMILES string of the molecule is O=C(NCC1CCCCC1CCl)c1ccc(I)c(Cl)c1. The molecule has 0 heterocycles. The molecule has 0 saturated heterocycles. The van der Waals surface area contributed by atoms with Crippen LogP contribution < -0.4 is 5.32 Å². The fourth-order valence-corrected chi connectivity index (χ4v) is 3.64. The zero-order valence-corrected chi connectivity index (χ0v) is 14.8. The number of amides is 1. The molecular weight excluding hydrogens is 408 g/mol. The molecule has 0 bridgehead atoms. The van der Waals surface area contributed by atoms with Gasteiger partial charge < -0.3 is 5.32 Å². The number of halogens is 3. The van der Waals surface area contributed by atoms with Crippen molar-refractivity contribution in [2.24, 2.45) is 11.8 Å². The first kappa shape index (κ1) is 16.4. The van der Waals surface area contributed by atoms with Gasteiger partial charge in [-0.1, -0.05) is 24.4 Å². The molecule has 1 aromatic rings. The molecular formula is C15H18Cl2INO. The Morgan fingerprint density at radius 1 is 1.30 bits per heavy atom. The van der Waals surface area contributed by atoms with Crippen molar-refractivity contribution in [3.8, 4) is 0 Å². The fraction of sp³-hybridized carbons (Fsp3) is 0.533. The molecule has 0 spiro atoms. The second kappa shape index (κ2) is 7.85. The number of rotatable bonds is 4. The van der Waals surface area contributed by atoms with E-state index < -0.39 is 0 Å². The van der Waals surface area contributed by atoms with E-state index in [0.29, 0.717) is 34.8 Å². The first-order valence-electron chi connectivity index (χ1n) is 6.91. The van der Waals surface area contributed by atoms with Crippen molar-refractivity contribution < 1.29 is 4.79 Å². The van der Waals surface area contributed by atoms with Crippen molar-refractivity contribution in [2.45, 2.75) is 25.7 Å². The molecule has 2 atom stereocenters. The second-order valence-corrected chi connectivity index (χ2v) is 7.18. The van der Waals surface area contributed by atoms with Gasteiger partial charge in [0.2, 0.25) is 0 Å². The van der Waals surface area contributed by atoms with Gasteiger partial charge in [0, 0.05) is 21.6 Å². The molecule has 1 aromatic carbocycles. The highest BCUT2D eigenvalue weighted by Crippen LogP contribution is 2.30. The minimum absolute atomic E-state index is 0.0535. The topological polar surface area (TPSA) is 29.1 Å². The molecule has 5 heteroatoms. The Morgan fingerprint density at radius 3 is 2.65 bits per heavy atom. The third-order valence-electron chi connectivity index (χ3n) is 3.97. The quantitative estimate of drug-likeness (QED) is 0.548. The van der Waals surface area contributed by atoms with Gasteiger partial charge in [-0.25, -0.2) is 0 Å². The Hall–Kier alpha value is -0.0000000000000000555. The van der Waals surface area contributed by atoms with E-state index in [0.717, 1.165) is 9.99 Å². The van der Waals surface area contributed by atoms with Gasteiger partial charge in [-0.05, 0) is 65.5 Å². The first-order chi connectivity index (χ1) is 9.61. The van der Waals surface area contributed by atoms with Crippen molar-refractivity contribution >= 4 is 51.7 Å². The number of carbonyl (C=O) groups is 1. The highest BCUT2D eigenvalue weighted by molar-refractivity contribution is 14.1. The molecule has 0 radical (unpaired) electrons. The Labute approximate surface area is 143 Å². The lowest BCUT2D eigenvalue weighted by Gasteiger charge is -2.30. The Balaban J connectivity index is 1.92. The van der Waals surface area contributed by atoms with Gasteiger partial charge >= 0.3 is 0 Å². The summed E-state index contributed by atoms with van der Waals surface area (Å²) in [5.41, 5.74) is 0.619. The van der Waals surface area contributed by atoms with Crippen molar-refractivity contribution in [1.82, 2.24) is 5.32 Å². The third-order valence-corrected chi connectivity index (χ3v) is 5.94. The van der Waals surface area contributed by atoms with Crippen LogP contribution >= 0.6 is 45.8 Å². The van der Waals surface area contributed by atoms with E-state index in [1.165, 1.54) is 19.3 Å². The maximum Gasteiger partial charge on any atom is 0.251 e. The molecule has 1 aliphatic carbocycles. The number of alkyl halides is 1. The number of hydrogen-bond acceptors (Lipinski definition) is 1. The van der Waals surface area contributed by atoms with Crippen LogP contribution in [0.3, 0.4) is 0 Å².